The molecular weight excluding hydrogens is 337 g/mol. The minimum absolute atomic E-state index is 0.110. The van der Waals surface area contributed by atoms with Gasteiger partial charge in [0.25, 0.3) is 5.91 Å². The highest BCUT2D eigenvalue weighted by Gasteiger charge is 2.24. The fourth-order valence-corrected chi connectivity index (χ4v) is 2.84. The zero-order valence-electron chi connectivity index (χ0n) is 9.77. The molecule has 1 aliphatic heterocycles. The lowest BCUT2D eigenvalue weighted by molar-refractivity contribution is 0.0980. The fourth-order valence-electron chi connectivity index (χ4n) is 2.32. The Hall–Kier alpha value is -1.36. The van der Waals surface area contributed by atoms with Gasteiger partial charge in [-0.25, -0.2) is 0 Å². The molecule has 1 heterocycles. The summed E-state index contributed by atoms with van der Waals surface area (Å²) >= 11 is 2.27. The van der Waals surface area contributed by atoms with E-state index in [1.807, 2.05) is 53.4 Å². The Bertz CT molecular complexity index is 609. The summed E-state index contributed by atoms with van der Waals surface area (Å²) in [6.07, 6.45) is 0.924. The number of fused-ring (bicyclic) bond motifs is 1. The van der Waals surface area contributed by atoms with Crippen molar-refractivity contribution in [3.8, 4) is 0 Å². The number of carbonyl (C=O) groups is 1. The van der Waals surface area contributed by atoms with E-state index >= 15 is 0 Å². The average Bonchev–Trinajstić information content (AvgIpc) is 2.39. The van der Waals surface area contributed by atoms with Gasteiger partial charge in [-0.1, -0.05) is 24.3 Å². The molecule has 0 fully saturated rings. The van der Waals surface area contributed by atoms with Gasteiger partial charge in [-0.15, -0.1) is 0 Å². The lowest BCUT2D eigenvalue weighted by Gasteiger charge is -2.28. The Morgan fingerprint density at radius 1 is 1.06 bits per heavy atom. The first-order chi connectivity index (χ1) is 8.75. The third-order valence-electron chi connectivity index (χ3n) is 3.22. The summed E-state index contributed by atoms with van der Waals surface area (Å²) in [7, 11) is 0. The van der Waals surface area contributed by atoms with E-state index < -0.39 is 0 Å². The van der Waals surface area contributed by atoms with Crippen molar-refractivity contribution in [3.63, 3.8) is 0 Å². The minimum atomic E-state index is 0.110. The van der Waals surface area contributed by atoms with Gasteiger partial charge in [-0.05, 0) is 58.8 Å². The SMILES string of the molecule is O=C1c2ccccc2CCN1c1cccc(I)c1. The van der Waals surface area contributed by atoms with Gasteiger partial charge < -0.3 is 4.90 Å². The van der Waals surface area contributed by atoms with Crippen molar-refractivity contribution in [2.24, 2.45) is 0 Å². The molecule has 1 aliphatic rings. The van der Waals surface area contributed by atoms with Gasteiger partial charge in [-0.3, -0.25) is 4.79 Å². The summed E-state index contributed by atoms with van der Waals surface area (Å²) in [6, 6.07) is 15.9. The quantitative estimate of drug-likeness (QED) is 0.722. The number of halogens is 1. The lowest BCUT2D eigenvalue weighted by atomic mass is 9.99. The Labute approximate surface area is 120 Å². The van der Waals surface area contributed by atoms with Crippen molar-refractivity contribution in [3.05, 3.63) is 63.2 Å². The highest BCUT2D eigenvalue weighted by Crippen LogP contribution is 2.25. The molecule has 0 radical (unpaired) electrons. The summed E-state index contributed by atoms with van der Waals surface area (Å²) in [4.78, 5) is 14.3. The topological polar surface area (TPSA) is 20.3 Å². The van der Waals surface area contributed by atoms with Crippen molar-refractivity contribution in [2.45, 2.75) is 6.42 Å². The molecule has 0 aromatic heterocycles. The van der Waals surface area contributed by atoms with Crippen LogP contribution in [0.2, 0.25) is 0 Å². The summed E-state index contributed by atoms with van der Waals surface area (Å²) in [5, 5.41) is 0. The highest BCUT2D eigenvalue weighted by atomic mass is 127. The van der Waals surface area contributed by atoms with Crippen LogP contribution in [0.1, 0.15) is 15.9 Å². The molecule has 0 atom stereocenters. The van der Waals surface area contributed by atoms with Crippen LogP contribution < -0.4 is 4.90 Å². The van der Waals surface area contributed by atoms with Crippen LogP contribution in [0.5, 0.6) is 0 Å². The molecule has 2 aromatic rings. The third-order valence-corrected chi connectivity index (χ3v) is 3.89. The van der Waals surface area contributed by atoms with E-state index in [1.165, 1.54) is 0 Å². The van der Waals surface area contributed by atoms with Crippen molar-refractivity contribution >= 4 is 34.2 Å². The van der Waals surface area contributed by atoms with E-state index in [0.29, 0.717) is 0 Å². The molecule has 18 heavy (non-hydrogen) atoms. The minimum Gasteiger partial charge on any atom is -0.308 e. The first-order valence-electron chi connectivity index (χ1n) is 5.91. The van der Waals surface area contributed by atoms with Crippen LogP contribution in [-0.2, 0) is 6.42 Å². The zero-order chi connectivity index (χ0) is 12.5. The van der Waals surface area contributed by atoms with Crippen molar-refractivity contribution < 1.29 is 4.79 Å². The van der Waals surface area contributed by atoms with Crippen LogP contribution in [0.3, 0.4) is 0 Å². The first kappa shape index (κ1) is 11.7. The molecule has 1 amide bonds. The Kier molecular flexibility index (Phi) is 3.07. The van der Waals surface area contributed by atoms with Crippen LogP contribution in [0, 0.1) is 3.57 Å². The van der Waals surface area contributed by atoms with Crippen LogP contribution in [0.15, 0.2) is 48.5 Å². The maximum atomic E-state index is 12.5. The number of nitrogens with zero attached hydrogens (tertiary/aromatic N) is 1. The first-order valence-corrected chi connectivity index (χ1v) is 6.99. The van der Waals surface area contributed by atoms with Gasteiger partial charge in [0, 0.05) is 21.4 Å². The predicted octanol–water partition coefficient (Wildman–Crippen LogP) is 3.49. The van der Waals surface area contributed by atoms with Gasteiger partial charge >= 0.3 is 0 Å². The molecule has 2 nitrogen and oxygen atoms in total. The number of rotatable bonds is 1. The molecule has 0 N–H and O–H groups in total. The van der Waals surface area contributed by atoms with Gasteiger partial charge in [0.1, 0.15) is 0 Å². The normalized spacial score (nSPS) is 14.5. The summed E-state index contributed by atoms with van der Waals surface area (Å²) < 4.78 is 1.15. The van der Waals surface area contributed by atoms with E-state index in [4.69, 9.17) is 0 Å². The maximum Gasteiger partial charge on any atom is 0.258 e. The lowest BCUT2D eigenvalue weighted by Crippen LogP contribution is -2.37. The monoisotopic (exact) mass is 349 g/mol. The summed E-state index contributed by atoms with van der Waals surface area (Å²) in [5.41, 5.74) is 2.98. The molecular formula is C15H12INO. The van der Waals surface area contributed by atoms with Gasteiger partial charge in [0.15, 0.2) is 0 Å². The predicted molar refractivity (Wildman–Crippen MR) is 81.0 cm³/mol. The smallest absolute Gasteiger partial charge is 0.258 e. The highest BCUT2D eigenvalue weighted by molar-refractivity contribution is 14.1. The van der Waals surface area contributed by atoms with Gasteiger partial charge in [0.2, 0.25) is 0 Å². The number of amides is 1. The van der Waals surface area contributed by atoms with Crippen LogP contribution in [-0.4, -0.2) is 12.5 Å². The Morgan fingerprint density at radius 3 is 2.72 bits per heavy atom. The van der Waals surface area contributed by atoms with E-state index in [2.05, 4.69) is 22.6 Å². The van der Waals surface area contributed by atoms with Crippen molar-refractivity contribution in [2.75, 3.05) is 11.4 Å². The number of anilines is 1. The van der Waals surface area contributed by atoms with E-state index in [0.717, 1.165) is 33.4 Å². The average molecular weight is 349 g/mol. The summed E-state index contributed by atoms with van der Waals surface area (Å²) in [6.45, 7) is 0.760. The number of hydrogen-bond donors (Lipinski definition) is 0. The second kappa shape index (κ2) is 4.72. The summed E-state index contributed by atoms with van der Waals surface area (Å²) in [5.74, 6) is 0.110. The second-order valence-corrected chi connectivity index (χ2v) is 5.59. The molecule has 0 saturated heterocycles. The molecule has 3 rings (SSSR count). The van der Waals surface area contributed by atoms with Crippen LogP contribution in [0.4, 0.5) is 5.69 Å². The van der Waals surface area contributed by atoms with E-state index in [-0.39, 0.29) is 5.91 Å². The second-order valence-electron chi connectivity index (χ2n) is 4.34. The van der Waals surface area contributed by atoms with Gasteiger partial charge in [-0.2, -0.15) is 0 Å². The fraction of sp³-hybridized carbons (Fsp3) is 0.133. The standard InChI is InChI=1S/C15H12INO/c16-12-5-3-6-13(10-12)17-9-8-11-4-1-2-7-14(11)15(17)18/h1-7,10H,8-9H2. The third kappa shape index (κ3) is 2.03. The Balaban J connectivity index is 2.00. The number of benzene rings is 2. The molecule has 0 bridgehead atoms. The van der Waals surface area contributed by atoms with Crippen LogP contribution in [0.25, 0.3) is 0 Å². The largest absolute Gasteiger partial charge is 0.308 e. The molecule has 2 aromatic carbocycles. The number of carbonyl (C=O) groups excluding carboxylic acids is 1. The Morgan fingerprint density at radius 2 is 1.89 bits per heavy atom. The van der Waals surface area contributed by atoms with Crippen LogP contribution >= 0.6 is 22.6 Å². The molecule has 90 valence electrons. The molecule has 0 aliphatic carbocycles. The molecule has 0 unspecified atom stereocenters. The molecule has 3 heteroatoms. The van der Waals surface area contributed by atoms with E-state index in [1.54, 1.807) is 0 Å². The maximum absolute atomic E-state index is 12.5. The molecule has 0 saturated carbocycles. The zero-order valence-corrected chi connectivity index (χ0v) is 11.9. The van der Waals surface area contributed by atoms with Gasteiger partial charge in [0.05, 0.1) is 0 Å². The van der Waals surface area contributed by atoms with Crippen molar-refractivity contribution in [1.82, 2.24) is 0 Å². The molecule has 0 spiro atoms. The van der Waals surface area contributed by atoms with E-state index in [9.17, 15) is 4.79 Å². The number of hydrogen-bond acceptors (Lipinski definition) is 1. The van der Waals surface area contributed by atoms with Crippen molar-refractivity contribution in [1.29, 1.82) is 0 Å².